The Balaban J connectivity index is 1.89. The number of aromatic nitrogens is 6. The lowest BCUT2D eigenvalue weighted by molar-refractivity contribution is -0.144. The molecule has 0 aromatic carbocycles. The molecule has 3 aromatic rings. The zero-order valence-electron chi connectivity index (χ0n) is 15.6. The van der Waals surface area contributed by atoms with Crippen LogP contribution in [-0.2, 0) is 14.3 Å². The molecule has 0 bridgehead atoms. The van der Waals surface area contributed by atoms with Crippen molar-refractivity contribution in [2.75, 3.05) is 44.0 Å². The van der Waals surface area contributed by atoms with Crippen molar-refractivity contribution in [3.63, 3.8) is 0 Å². The highest BCUT2D eigenvalue weighted by molar-refractivity contribution is 5.91. The monoisotopic (exact) mass is 384 g/mol. The Morgan fingerprint density at radius 1 is 1.21 bits per heavy atom. The second kappa shape index (κ2) is 7.35. The summed E-state index contributed by atoms with van der Waals surface area (Å²) in [6.45, 7) is 4.24. The normalized spacial score (nSPS) is 15.6. The molecule has 1 saturated heterocycles. The first-order valence-electron chi connectivity index (χ1n) is 8.82. The molecular weight excluding hydrogens is 364 g/mol. The van der Waals surface area contributed by atoms with E-state index in [4.69, 9.17) is 20.2 Å². The van der Waals surface area contributed by atoms with E-state index >= 15 is 0 Å². The number of rotatable bonds is 4. The minimum Gasteiger partial charge on any atom is -0.467 e. The van der Waals surface area contributed by atoms with Gasteiger partial charge in [-0.2, -0.15) is 10.1 Å². The summed E-state index contributed by atoms with van der Waals surface area (Å²) < 4.78 is 11.8. The molecule has 0 amide bonds. The van der Waals surface area contributed by atoms with Crippen molar-refractivity contribution in [1.82, 2.24) is 29.7 Å². The number of nitrogens with zero attached hydrogens (tertiary/aromatic N) is 7. The zero-order valence-corrected chi connectivity index (χ0v) is 15.6. The molecule has 28 heavy (non-hydrogen) atoms. The topological polar surface area (TPSA) is 134 Å². The molecule has 1 atom stereocenters. The van der Waals surface area contributed by atoms with Gasteiger partial charge in [0, 0.05) is 31.0 Å². The molecule has 2 N–H and O–H groups in total. The van der Waals surface area contributed by atoms with Gasteiger partial charge in [-0.05, 0) is 6.92 Å². The van der Waals surface area contributed by atoms with Gasteiger partial charge in [0.15, 0.2) is 5.65 Å². The van der Waals surface area contributed by atoms with Crippen LogP contribution in [0.4, 0.5) is 11.9 Å². The van der Waals surface area contributed by atoms with E-state index in [2.05, 4.69) is 20.1 Å². The molecule has 3 aromatic heterocycles. The Labute approximate surface area is 160 Å². The number of hydrogen-bond donors (Lipinski definition) is 1. The Morgan fingerprint density at radius 2 is 1.93 bits per heavy atom. The maximum Gasteiger partial charge on any atom is 0.330 e. The lowest BCUT2D eigenvalue weighted by Gasteiger charge is -2.27. The maximum absolute atomic E-state index is 12.0. The van der Waals surface area contributed by atoms with Crippen LogP contribution in [-0.4, -0.2) is 69.1 Å². The van der Waals surface area contributed by atoms with Crippen LogP contribution < -0.4 is 10.6 Å². The Kier molecular flexibility index (Phi) is 4.74. The van der Waals surface area contributed by atoms with Gasteiger partial charge in [0.25, 0.3) is 0 Å². The average Bonchev–Trinajstić information content (AvgIpc) is 3.17. The molecule has 1 fully saturated rings. The van der Waals surface area contributed by atoms with Crippen molar-refractivity contribution in [3.05, 3.63) is 18.6 Å². The lowest BCUT2D eigenvalue weighted by Crippen LogP contribution is -2.37. The van der Waals surface area contributed by atoms with Crippen molar-refractivity contribution < 1.29 is 14.3 Å². The number of ether oxygens (including phenoxy) is 2. The number of carbonyl (C=O) groups excluding carboxylic acids is 1. The van der Waals surface area contributed by atoms with E-state index in [1.165, 1.54) is 11.8 Å². The fraction of sp³-hybridized carbons (Fsp3) is 0.412. The molecule has 11 heteroatoms. The van der Waals surface area contributed by atoms with Gasteiger partial charge in [0.2, 0.25) is 11.9 Å². The Bertz CT molecular complexity index is 998. The Morgan fingerprint density at radius 3 is 2.61 bits per heavy atom. The number of esters is 1. The molecule has 0 spiro atoms. The minimum absolute atomic E-state index is 0.178. The van der Waals surface area contributed by atoms with Gasteiger partial charge >= 0.3 is 5.97 Å². The summed E-state index contributed by atoms with van der Waals surface area (Å²) in [5.74, 6) is 0.299. The standard InChI is InChI=1S/C17H20N8O3/c1-10(15(26)27-2)25-14-12(9-21-25)13(11-7-19-16(18)20-8-11)22-17(23-14)24-3-5-28-6-4-24/h7-10H,3-6H2,1-2H3,(H2,18,19,20). The van der Waals surface area contributed by atoms with Crippen LogP contribution in [0.1, 0.15) is 13.0 Å². The summed E-state index contributed by atoms with van der Waals surface area (Å²) in [7, 11) is 1.34. The third-order valence-corrected chi connectivity index (χ3v) is 4.59. The zero-order chi connectivity index (χ0) is 19.7. The molecule has 0 saturated carbocycles. The number of nitrogens with two attached hydrogens (primary N) is 1. The van der Waals surface area contributed by atoms with E-state index in [9.17, 15) is 4.79 Å². The number of methoxy groups -OCH3 is 1. The largest absolute Gasteiger partial charge is 0.467 e. The molecule has 0 radical (unpaired) electrons. The van der Waals surface area contributed by atoms with Crippen LogP contribution in [0.25, 0.3) is 22.3 Å². The van der Waals surface area contributed by atoms with Crippen molar-refractivity contribution in [1.29, 1.82) is 0 Å². The summed E-state index contributed by atoms with van der Waals surface area (Å²) in [5, 5.41) is 5.04. The van der Waals surface area contributed by atoms with E-state index in [-0.39, 0.29) is 5.95 Å². The molecule has 4 rings (SSSR count). The average molecular weight is 384 g/mol. The van der Waals surface area contributed by atoms with Crippen molar-refractivity contribution in [2.24, 2.45) is 0 Å². The first-order chi connectivity index (χ1) is 13.6. The van der Waals surface area contributed by atoms with E-state index in [1.807, 2.05) is 4.90 Å². The smallest absolute Gasteiger partial charge is 0.330 e. The second-order valence-electron chi connectivity index (χ2n) is 6.33. The number of hydrogen-bond acceptors (Lipinski definition) is 10. The predicted octanol–water partition coefficient (Wildman–Crippen LogP) is 0.436. The summed E-state index contributed by atoms with van der Waals surface area (Å²) in [4.78, 5) is 31.6. The molecule has 1 unspecified atom stereocenters. The summed E-state index contributed by atoms with van der Waals surface area (Å²) in [6, 6.07) is -0.634. The molecular formula is C17H20N8O3. The van der Waals surface area contributed by atoms with Gasteiger partial charge in [0.1, 0.15) is 6.04 Å². The highest BCUT2D eigenvalue weighted by atomic mass is 16.5. The Hall–Kier alpha value is -3.34. The lowest BCUT2D eigenvalue weighted by atomic mass is 10.2. The maximum atomic E-state index is 12.0. The number of carbonyl (C=O) groups is 1. The number of morpholine rings is 1. The van der Waals surface area contributed by atoms with Crippen LogP contribution in [0.3, 0.4) is 0 Å². The van der Waals surface area contributed by atoms with Crippen LogP contribution >= 0.6 is 0 Å². The fourth-order valence-corrected chi connectivity index (χ4v) is 3.05. The van der Waals surface area contributed by atoms with Crippen LogP contribution in [0, 0.1) is 0 Å². The number of fused-ring (bicyclic) bond motifs is 1. The van der Waals surface area contributed by atoms with E-state index < -0.39 is 12.0 Å². The molecule has 4 heterocycles. The molecule has 1 aliphatic rings. The van der Waals surface area contributed by atoms with Crippen LogP contribution in [0.15, 0.2) is 18.6 Å². The highest BCUT2D eigenvalue weighted by Gasteiger charge is 2.24. The van der Waals surface area contributed by atoms with Gasteiger partial charge in [0.05, 0.1) is 37.6 Å². The van der Waals surface area contributed by atoms with E-state index in [0.717, 1.165) is 0 Å². The predicted molar refractivity (Wildman–Crippen MR) is 101 cm³/mol. The van der Waals surface area contributed by atoms with Gasteiger partial charge in [-0.25, -0.2) is 24.4 Å². The summed E-state index contributed by atoms with van der Waals surface area (Å²) >= 11 is 0. The first-order valence-corrected chi connectivity index (χ1v) is 8.82. The van der Waals surface area contributed by atoms with Crippen molar-refractivity contribution >= 4 is 28.9 Å². The third kappa shape index (κ3) is 3.20. The quantitative estimate of drug-likeness (QED) is 0.631. The van der Waals surface area contributed by atoms with Gasteiger partial charge < -0.3 is 20.1 Å². The number of nitrogen functional groups attached to an aromatic ring is 1. The van der Waals surface area contributed by atoms with Crippen molar-refractivity contribution in [3.8, 4) is 11.3 Å². The van der Waals surface area contributed by atoms with Gasteiger partial charge in [-0.3, -0.25) is 0 Å². The second-order valence-corrected chi connectivity index (χ2v) is 6.33. The highest BCUT2D eigenvalue weighted by Crippen LogP contribution is 2.29. The van der Waals surface area contributed by atoms with Crippen molar-refractivity contribution in [2.45, 2.75) is 13.0 Å². The molecule has 11 nitrogen and oxygen atoms in total. The number of anilines is 2. The van der Waals surface area contributed by atoms with Crippen LogP contribution in [0.2, 0.25) is 0 Å². The van der Waals surface area contributed by atoms with Gasteiger partial charge in [-0.15, -0.1) is 0 Å². The minimum atomic E-state index is -0.634. The summed E-state index contributed by atoms with van der Waals surface area (Å²) in [6.07, 6.45) is 4.84. The first kappa shape index (κ1) is 18.0. The van der Waals surface area contributed by atoms with Gasteiger partial charge in [-0.1, -0.05) is 0 Å². The SMILES string of the molecule is COC(=O)C(C)n1ncc2c(-c3cnc(N)nc3)nc(N3CCOCC3)nc21. The van der Waals surface area contributed by atoms with E-state index in [1.54, 1.807) is 25.5 Å². The van der Waals surface area contributed by atoms with E-state index in [0.29, 0.717) is 54.5 Å². The molecule has 0 aliphatic carbocycles. The third-order valence-electron chi connectivity index (χ3n) is 4.59. The molecule has 146 valence electrons. The fourth-order valence-electron chi connectivity index (χ4n) is 3.05. The summed E-state index contributed by atoms with van der Waals surface area (Å²) in [5.41, 5.74) is 7.44. The van der Waals surface area contributed by atoms with Crippen LogP contribution in [0.5, 0.6) is 0 Å². The molecule has 1 aliphatic heterocycles.